The third-order valence-electron chi connectivity index (χ3n) is 3.02. The van der Waals surface area contributed by atoms with Crippen LogP contribution in [0.15, 0.2) is 24.3 Å². The number of nitrogens with one attached hydrogen (secondary N) is 2. The van der Waals surface area contributed by atoms with Gasteiger partial charge in [-0.2, -0.15) is 0 Å². The summed E-state index contributed by atoms with van der Waals surface area (Å²) >= 11 is 0. The van der Waals surface area contributed by atoms with Crippen LogP contribution in [0.2, 0.25) is 0 Å². The zero-order valence-corrected chi connectivity index (χ0v) is 12.0. The highest BCUT2D eigenvalue weighted by Gasteiger charge is 2.25. The van der Waals surface area contributed by atoms with Crippen molar-refractivity contribution in [2.45, 2.75) is 46.1 Å². The molecule has 0 aliphatic carbocycles. The van der Waals surface area contributed by atoms with Gasteiger partial charge in [0.25, 0.3) is 0 Å². The van der Waals surface area contributed by atoms with Crippen LogP contribution in [-0.4, -0.2) is 18.0 Å². The van der Waals surface area contributed by atoms with Gasteiger partial charge in [0.15, 0.2) is 0 Å². The van der Waals surface area contributed by atoms with Gasteiger partial charge < -0.3 is 10.6 Å². The summed E-state index contributed by atoms with van der Waals surface area (Å²) in [6.07, 6.45) is 0. The predicted molar refractivity (Wildman–Crippen MR) is 76.9 cm³/mol. The molecule has 0 saturated heterocycles. The van der Waals surface area contributed by atoms with Crippen molar-refractivity contribution in [3.05, 3.63) is 29.8 Å². The first kappa shape index (κ1) is 14.7. The van der Waals surface area contributed by atoms with Gasteiger partial charge in [0.05, 0.1) is 5.54 Å². The van der Waals surface area contributed by atoms with Crippen molar-refractivity contribution in [2.24, 2.45) is 0 Å². The zero-order valence-electron chi connectivity index (χ0n) is 12.0. The number of likely N-dealkylation sites (N-methyl/N-ethyl adjacent to an activating group) is 1. The Labute approximate surface area is 110 Å². The Morgan fingerprint density at radius 1 is 1.22 bits per heavy atom. The summed E-state index contributed by atoms with van der Waals surface area (Å²) in [7, 11) is 0. The lowest BCUT2D eigenvalue weighted by molar-refractivity contribution is -0.121. The van der Waals surface area contributed by atoms with E-state index < -0.39 is 5.54 Å². The summed E-state index contributed by atoms with van der Waals surface area (Å²) < 4.78 is 0. The molecule has 0 radical (unpaired) electrons. The maximum absolute atomic E-state index is 12.1. The topological polar surface area (TPSA) is 41.1 Å². The van der Waals surface area contributed by atoms with Gasteiger partial charge in [-0.1, -0.05) is 32.9 Å². The zero-order chi connectivity index (χ0) is 13.8. The van der Waals surface area contributed by atoms with Crippen LogP contribution in [0.5, 0.6) is 0 Å². The Hall–Kier alpha value is -1.35. The highest BCUT2D eigenvalue weighted by atomic mass is 16.2. The fourth-order valence-electron chi connectivity index (χ4n) is 1.76. The lowest BCUT2D eigenvalue weighted by Crippen LogP contribution is -2.49. The van der Waals surface area contributed by atoms with E-state index in [1.165, 1.54) is 5.56 Å². The third kappa shape index (κ3) is 3.84. The second kappa shape index (κ2) is 6.01. The van der Waals surface area contributed by atoms with Crippen molar-refractivity contribution in [1.82, 2.24) is 5.32 Å². The van der Waals surface area contributed by atoms with Gasteiger partial charge >= 0.3 is 0 Å². The van der Waals surface area contributed by atoms with E-state index in [0.717, 1.165) is 12.2 Å². The first-order valence-electron chi connectivity index (χ1n) is 6.53. The average molecular weight is 248 g/mol. The van der Waals surface area contributed by atoms with Crippen LogP contribution >= 0.6 is 0 Å². The molecule has 3 nitrogen and oxygen atoms in total. The molecule has 0 atom stereocenters. The number of amides is 1. The van der Waals surface area contributed by atoms with Crippen LogP contribution in [0.25, 0.3) is 0 Å². The second-order valence-electron chi connectivity index (χ2n) is 5.39. The molecule has 0 unspecified atom stereocenters. The number of rotatable bonds is 5. The monoisotopic (exact) mass is 248 g/mol. The molecule has 0 spiro atoms. The van der Waals surface area contributed by atoms with Gasteiger partial charge in [-0.25, -0.2) is 0 Å². The molecule has 0 aliphatic heterocycles. The Kier molecular flexibility index (Phi) is 4.91. The summed E-state index contributed by atoms with van der Waals surface area (Å²) in [6, 6.07) is 8.02. The Balaban J connectivity index is 2.70. The van der Waals surface area contributed by atoms with Crippen LogP contribution in [0.4, 0.5) is 5.69 Å². The normalized spacial score (nSPS) is 11.7. The molecule has 1 amide bonds. The van der Waals surface area contributed by atoms with Crippen LogP contribution in [0, 0.1) is 0 Å². The highest BCUT2D eigenvalue weighted by Crippen LogP contribution is 2.18. The maximum Gasteiger partial charge on any atom is 0.244 e. The van der Waals surface area contributed by atoms with Gasteiger partial charge in [0.2, 0.25) is 5.91 Å². The van der Waals surface area contributed by atoms with Crippen molar-refractivity contribution < 1.29 is 4.79 Å². The molecular formula is C15H24N2O. The van der Waals surface area contributed by atoms with Gasteiger partial charge in [-0.3, -0.25) is 4.79 Å². The molecule has 100 valence electrons. The SMILES string of the molecule is CCNC(C)(C)C(=O)Nc1ccc(C(C)C)cc1. The molecular weight excluding hydrogens is 224 g/mol. The molecule has 2 N–H and O–H groups in total. The molecule has 18 heavy (non-hydrogen) atoms. The van der Waals surface area contributed by atoms with Gasteiger partial charge in [0, 0.05) is 5.69 Å². The van der Waals surface area contributed by atoms with E-state index >= 15 is 0 Å². The summed E-state index contributed by atoms with van der Waals surface area (Å²) in [5.41, 5.74) is 1.57. The Morgan fingerprint density at radius 2 is 1.78 bits per heavy atom. The summed E-state index contributed by atoms with van der Waals surface area (Å²) in [5.74, 6) is 0.495. The number of hydrogen-bond donors (Lipinski definition) is 2. The largest absolute Gasteiger partial charge is 0.325 e. The van der Waals surface area contributed by atoms with E-state index in [-0.39, 0.29) is 5.91 Å². The summed E-state index contributed by atoms with van der Waals surface area (Å²) in [4.78, 5) is 12.1. The standard InChI is InChI=1S/C15H24N2O/c1-6-16-15(4,5)14(18)17-13-9-7-12(8-10-13)11(2)3/h7-11,16H,6H2,1-5H3,(H,17,18). The van der Waals surface area contributed by atoms with Crippen molar-refractivity contribution in [3.8, 4) is 0 Å². The van der Waals surface area contributed by atoms with Gasteiger partial charge in [0.1, 0.15) is 0 Å². The van der Waals surface area contributed by atoms with Crippen molar-refractivity contribution >= 4 is 11.6 Å². The second-order valence-corrected chi connectivity index (χ2v) is 5.39. The van der Waals surface area contributed by atoms with Crippen molar-refractivity contribution in [3.63, 3.8) is 0 Å². The molecule has 0 heterocycles. The van der Waals surface area contributed by atoms with Crippen molar-refractivity contribution in [1.29, 1.82) is 0 Å². The number of carbonyl (C=O) groups excluding carboxylic acids is 1. The number of hydrogen-bond acceptors (Lipinski definition) is 2. The van der Waals surface area contributed by atoms with E-state index in [2.05, 4.69) is 36.6 Å². The minimum atomic E-state index is -0.550. The van der Waals surface area contributed by atoms with Crippen LogP contribution < -0.4 is 10.6 Å². The van der Waals surface area contributed by atoms with Crippen LogP contribution in [0.1, 0.15) is 46.1 Å². The lowest BCUT2D eigenvalue weighted by atomic mass is 10.0. The summed E-state index contributed by atoms with van der Waals surface area (Å²) in [5, 5.41) is 6.09. The molecule has 1 aromatic rings. The molecule has 0 saturated carbocycles. The highest BCUT2D eigenvalue weighted by molar-refractivity contribution is 5.97. The minimum Gasteiger partial charge on any atom is -0.325 e. The van der Waals surface area contributed by atoms with E-state index in [1.807, 2.05) is 32.9 Å². The number of benzene rings is 1. The Morgan fingerprint density at radius 3 is 2.22 bits per heavy atom. The third-order valence-corrected chi connectivity index (χ3v) is 3.02. The van der Waals surface area contributed by atoms with E-state index in [9.17, 15) is 4.79 Å². The smallest absolute Gasteiger partial charge is 0.244 e. The first-order chi connectivity index (χ1) is 8.36. The van der Waals surface area contributed by atoms with E-state index in [0.29, 0.717) is 5.92 Å². The van der Waals surface area contributed by atoms with Gasteiger partial charge in [-0.15, -0.1) is 0 Å². The average Bonchev–Trinajstić information content (AvgIpc) is 2.29. The molecule has 1 rings (SSSR count). The van der Waals surface area contributed by atoms with Crippen LogP contribution in [0.3, 0.4) is 0 Å². The quantitative estimate of drug-likeness (QED) is 0.840. The van der Waals surface area contributed by atoms with Gasteiger partial charge in [-0.05, 0) is 44.0 Å². The molecule has 3 heteroatoms. The fraction of sp³-hybridized carbons (Fsp3) is 0.533. The van der Waals surface area contributed by atoms with E-state index in [4.69, 9.17) is 0 Å². The van der Waals surface area contributed by atoms with E-state index in [1.54, 1.807) is 0 Å². The molecule has 1 aromatic carbocycles. The minimum absolute atomic E-state index is 0.0124. The lowest BCUT2D eigenvalue weighted by Gasteiger charge is -2.24. The Bertz CT molecular complexity index is 393. The summed E-state index contributed by atoms with van der Waals surface area (Å²) in [6.45, 7) is 10.8. The molecule has 0 fully saturated rings. The van der Waals surface area contributed by atoms with Crippen LogP contribution in [-0.2, 0) is 4.79 Å². The first-order valence-corrected chi connectivity index (χ1v) is 6.53. The fourth-order valence-corrected chi connectivity index (χ4v) is 1.76. The van der Waals surface area contributed by atoms with Crippen molar-refractivity contribution in [2.75, 3.05) is 11.9 Å². The maximum atomic E-state index is 12.1. The molecule has 0 aromatic heterocycles. The number of anilines is 1. The molecule has 0 bridgehead atoms. The predicted octanol–water partition coefficient (Wildman–Crippen LogP) is 3.14. The molecule has 0 aliphatic rings. The number of carbonyl (C=O) groups is 1.